The van der Waals surface area contributed by atoms with Crippen molar-refractivity contribution in [2.45, 2.75) is 19.6 Å². The highest BCUT2D eigenvalue weighted by atomic mass is 79.9. The van der Waals surface area contributed by atoms with Gasteiger partial charge in [0.2, 0.25) is 0 Å². The Morgan fingerprint density at radius 3 is 2.53 bits per heavy atom. The zero-order valence-electron chi connectivity index (χ0n) is 10.0. The van der Waals surface area contributed by atoms with Gasteiger partial charge in [-0.15, -0.1) is 11.3 Å². The minimum absolute atomic E-state index is 0.413. The topological polar surface area (TPSA) is 12.0 Å². The molecule has 102 valence electrons. The lowest BCUT2D eigenvalue weighted by molar-refractivity contribution is -0.137. The highest BCUT2D eigenvalue weighted by Crippen LogP contribution is 2.34. The van der Waals surface area contributed by atoms with Gasteiger partial charge in [-0.1, -0.05) is 0 Å². The van der Waals surface area contributed by atoms with Crippen molar-refractivity contribution >= 4 is 33.0 Å². The van der Waals surface area contributed by atoms with E-state index in [4.69, 9.17) is 0 Å². The molecule has 0 fully saturated rings. The van der Waals surface area contributed by atoms with E-state index in [1.54, 1.807) is 11.3 Å². The quantitative estimate of drug-likeness (QED) is 0.776. The molecule has 19 heavy (non-hydrogen) atoms. The number of alkyl halides is 3. The lowest BCUT2D eigenvalue weighted by atomic mass is 10.2. The van der Waals surface area contributed by atoms with Crippen molar-refractivity contribution in [3.8, 4) is 0 Å². The molecular formula is C13H11BrF3NS. The largest absolute Gasteiger partial charge is 0.416 e. The van der Waals surface area contributed by atoms with Crippen LogP contribution in [-0.4, -0.2) is 0 Å². The van der Waals surface area contributed by atoms with E-state index in [2.05, 4.69) is 21.2 Å². The highest BCUT2D eigenvalue weighted by Gasteiger charge is 2.30. The van der Waals surface area contributed by atoms with Gasteiger partial charge >= 0.3 is 6.18 Å². The predicted octanol–water partition coefficient (Wildman–Crippen LogP) is 5.45. The second-order valence-electron chi connectivity index (χ2n) is 4.07. The molecule has 6 heteroatoms. The summed E-state index contributed by atoms with van der Waals surface area (Å²) in [5.41, 5.74) is 1.18. The molecule has 1 aromatic heterocycles. The number of benzene rings is 1. The summed E-state index contributed by atoms with van der Waals surface area (Å²) >= 11 is 4.79. The van der Waals surface area contributed by atoms with Crippen molar-refractivity contribution in [1.82, 2.24) is 0 Å². The minimum Gasteiger partial charge on any atom is -0.379 e. The van der Waals surface area contributed by atoms with Crippen LogP contribution in [0.25, 0.3) is 0 Å². The fourth-order valence-corrected chi connectivity index (χ4v) is 2.96. The standard InChI is InChI=1S/C13H11BrF3NS/c1-8-4-5-19-12(8)7-18-11-3-2-9(6-10(11)14)13(15,16)17/h2-6,18H,7H2,1H3. The van der Waals surface area contributed by atoms with Gasteiger partial charge in [0, 0.05) is 21.6 Å². The van der Waals surface area contributed by atoms with Crippen LogP contribution in [0.3, 0.4) is 0 Å². The molecule has 0 saturated carbocycles. The first-order valence-electron chi connectivity index (χ1n) is 5.51. The van der Waals surface area contributed by atoms with Crippen LogP contribution in [0, 0.1) is 6.92 Å². The van der Waals surface area contributed by atoms with Crippen LogP contribution in [0.1, 0.15) is 16.0 Å². The zero-order valence-corrected chi connectivity index (χ0v) is 12.4. The summed E-state index contributed by atoms with van der Waals surface area (Å²) in [5, 5.41) is 5.13. The first-order chi connectivity index (χ1) is 8.88. The van der Waals surface area contributed by atoms with E-state index in [-0.39, 0.29) is 0 Å². The third-order valence-electron chi connectivity index (χ3n) is 2.70. The van der Waals surface area contributed by atoms with Crippen LogP contribution in [-0.2, 0) is 12.7 Å². The second kappa shape index (κ2) is 5.54. The van der Waals surface area contributed by atoms with Crippen molar-refractivity contribution in [3.63, 3.8) is 0 Å². The molecule has 0 amide bonds. The third-order valence-corrected chi connectivity index (χ3v) is 4.38. The number of hydrogen-bond acceptors (Lipinski definition) is 2. The first-order valence-corrected chi connectivity index (χ1v) is 7.19. The molecule has 1 N–H and O–H groups in total. The molecule has 0 aliphatic heterocycles. The summed E-state index contributed by atoms with van der Waals surface area (Å²) < 4.78 is 38.0. The van der Waals surface area contributed by atoms with Gasteiger partial charge in [0.1, 0.15) is 0 Å². The third kappa shape index (κ3) is 3.51. The molecule has 0 aliphatic carbocycles. The van der Waals surface area contributed by atoms with E-state index in [1.165, 1.54) is 16.5 Å². The highest BCUT2D eigenvalue weighted by molar-refractivity contribution is 9.10. The molecule has 0 bridgehead atoms. The number of anilines is 1. The van der Waals surface area contributed by atoms with Crippen molar-refractivity contribution in [2.24, 2.45) is 0 Å². The second-order valence-corrected chi connectivity index (χ2v) is 5.93. The molecule has 1 nitrogen and oxygen atoms in total. The average Bonchev–Trinajstić information content (AvgIpc) is 2.72. The normalized spacial score (nSPS) is 11.6. The number of thiophene rings is 1. The van der Waals surface area contributed by atoms with Crippen LogP contribution >= 0.6 is 27.3 Å². The smallest absolute Gasteiger partial charge is 0.379 e. The van der Waals surface area contributed by atoms with E-state index in [1.807, 2.05) is 18.4 Å². The maximum atomic E-state index is 12.5. The maximum absolute atomic E-state index is 12.5. The van der Waals surface area contributed by atoms with Crippen LogP contribution in [0.15, 0.2) is 34.1 Å². The summed E-state index contributed by atoms with van der Waals surface area (Å²) in [5.74, 6) is 0. The fraction of sp³-hybridized carbons (Fsp3) is 0.231. The van der Waals surface area contributed by atoms with Crippen molar-refractivity contribution in [2.75, 3.05) is 5.32 Å². The van der Waals surface area contributed by atoms with E-state index in [0.29, 0.717) is 16.7 Å². The summed E-state index contributed by atoms with van der Waals surface area (Å²) in [6, 6.07) is 5.62. The van der Waals surface area contributed by atoms with E-state index < -0.39 is 11.7 Å². The molecule has 0 unspecified atom stereocenters. The minimum atomic E-state index is -4.31. The Bertz CT molecular complexity index is 578. The predicted molar refractivity (Wildman–Crippen MR) is 75.5 cm³/mol. The number of halogens is 4. The Morgan fingerprint density at radius 2 is 2.00 bits per heavy atom. The number of hydrogen-bond donors (Lipinski definition) is 1. The summed E-state index contributed by atoms with van der Waals surface area (Å²) in [4.78, 5) is 1.17. The van der Waals surface area contributed by atoms with Crippen LogP contribution < -0.4 is 5.32 Å². The SMILES string of the molecule is Cc1ccsc1CNc1ccc(C(F)(F)F)cc1Br. The molecule has 2 aromatic rings. The molecule has 0 atom stereocenters. The Kier molecular flexibility index (Phi) is 4.20. The number of nitrogens with one attached hydrogen (secondary N) is 1. The molecule has 2 rings (SSSR count). The lowest BCUT2D eigenvalue weighted by Gasteiger charge is -2.11. The molecule has 1 heterocycles. The zero-order chi connectivity index (χ0) is 14.0. The average molecular weight is 350 g/mol. The van der Waals surface area contributed by atoms with Gasteiger partial charge in [-0.05, 0) is 58.1 Å². The van der Waals surface area contributed by atoms with Gasteiger partial charge in [0.25, 0.3) is 0 Å². The molecular weight excluding hydrogens is 339 g/mol. The van der Waals surface area contributed by atoms with Crippen LogP contribution in [0.4, 0.5) is 18.9 Å². The van der Waals surface area contributed by atoms with Crippen LogP contribution in [0.5, 0.6) is 0 Å². The van der Waals surface area contributed by atoms with Gasteiger partial charge in [-0.2, -0.15) is 13.2 Å². The van der Waals surface area contributed by atoms with Gasteiger partial charge < -0.3 is 5.32 Å². The summed E-state index contributed by atoms with van der Waals surface area (Å²) in [6.45, 7) is 2.61. The molecule has 0 aliphatic rings. The monoisotopic (exact) mass is 349 g/mol. The van der Waals surface area contributed by atoms with Crippen molar-refractivity contribution in [3.05, 3.63) is 50.1 Å². The molecule has 0 saturated heterocycles. The van der Waals surface area contributed by atoms with E-state index in [0.717, 1.165) is 12.1 Å². The van der Waals surface area contributed by atoms with Crippen LogP contribution in [0.2, 0.25) is 0 Å². The van der Waals surface area contributed by atoms with Gasteiger partial charge in [-0.25, -0.2) is 0 Å². The van der Waals surface area contributed by atoms with Gasteiger partial charge in [-0.3, -0.25) is 0 Å². The first kappa shape index (κ1) is 14.4. The van der Waals surface area contributed by atoms with E-state index in [9.17, 15) is 13.2 Å². The number of rotatable bonds is 3. The van der Waals surface area contributed by atoms with Crippen molar-refractivity contribution < 1.29 is 13.2 Å². The van der Waals surface area contributed by atoms with E-state index >= 15 is 0 Å². The Morgan fingerprint density at radius 1 is 1.26 bits per heavy atom. The Labute approximate surface area is 121 Å². The molecule has 0 radical (unpaired) electrons. The summed E-state index contributed by atoms with van der Waals surface area (Å²) in [7, 11) is 0. The Hall–Kier alpha value is -1.01. The lowest BCUT2D eigenvalue weighted by Crippen LogP contribution is -2.06. The Balaban J connectivity index is 2.12. The molecule has 0 spiro atoms. The number of aryl methyl sites for hydroxylation is 1. The summed E-state index contributed by atoms with van der Waals surface area (Å²) in [6.07, 6.45) is -4.31. The van der Waals surface area contributed by atoms with Gasteiger partial charge in [0.15, 0.2) is 0 Å². The molecule has 1 aromatic carbocycles. The fourth-order valence-electron chi connectivity index (χ4n) is 1.60. The van der Waals surface area contributed by atoms with Gasteiger partial charge in [0.05, 0.1) is 5.56 Å². The maximum Gasteiger partial charge on any atom is 0.416 e. The van der Waals surface area contributed by atoms with Crippen molar-refractivity contribution in [1.29, 1.82) is 0 Å².